The zero-order chi connectivity index (χ0) is 13.8. The molecule has 1 fully saturated rings. The van der Waals surface area contributed by atoms with Crippen LogP contribution in [0.5, 0.6) is 0 Å². The topological polar surface area (TPSA) is 32.3 Å². The van der Waals surface area contributed by atoms with Gasteiger partial charge >= 0.3 is 0 Å². The molecule has 0 aliphatic heterocycles. The van der Waals surface area contributed by atoms with Gasteiger partial charge in [0.05, 0.1) is 0 Å². The average molecular weight is 281 g/mol. The smallest absolute Gasteiger partial charge is 0.251 e. The Bertz CT molecular complexity index is 430. The number of rotatable bonds is 4. The molecule has 1 aromatic carbocycles. The highest BCUT2D eigenvalue weighted by Gasteiger charge is 2.27. The molecule has 0 radical (unpaired) electrons. The lowest BCUT2D eigenvalue weighted by Crippen LogP contribution is -2.37. The van der Waals surface area contributed by atoms with Crippen LogP contribution in [0.3, 0.4) is 0 Å². The summed E-state index contributed by atoms with van der Waals surface area (Å²) in [5, 5.41) is 3.11. The predicted molar refractivity (Wildman–Crippen MR) is 80.1 cm³/mol. The van der Waals surface area contributed by atoms with Gasteiger partial charge in [-0.3, -0.25) is 4.79 Å². The number of anilines is 1. The normalized spacial score (nSPS) is 22.3. The Morgan fingerprint density at radius 1 is 1.32 bits per heavy atom. The minimum atomic E-state index is 0.00678. The van der Waals surface area contributed by atoms with Gasteiger partial charge in [0.25, 0.3) is 5.91 Å². The van der Waals surface area contributed by atoms with Crippen LogP contribution in [0.15, 0.2) is 24.3 Å². The van der Waals surface area contributed by atoms with E-state index in [9.17, 15) is 4.79 Å². The van der Waals surface area contributed by atoms with Crippen LogP contribution in [0, 0.1) is 5.92 Å². The third-order valence-corrected chi connectivity index (χ3v) is 4.22. The van der Waals surface area contributed by atoms with Gasteiger partial charge in [0.1, 0.15) is 0 Å². The second-order valence-electron chi connectivity index (χ2n) is 5.37. The molecule has 1 aliphatic rings. The molecular weight excluding hydrogens is 260 g/mol. The minimum absolute atomic E-state index is 0.00678. The van der Waals surface area contributed by atoms with Crippen molar-refractivity contribution < 1.29 is 4.79 Å². The van der Waals surface area contributed by atoms with E-state index in [1.807, 2.05) is 43.3 Å². The largest absolute Gasteiger partial charge is 0.378 e. The molecule has 0 bridgehead atoms. The van der Waals surface area contributed by atoms with Crippen molar-refractivity contribution in [2.24, 2.45) is 5.92 Å². The van der Waals surface area contributed by atoms with Crippen LogP contribution in [0.1, 0.15) is 29.6 Å². The van der Waals surface area contributed by atoms with Crippen molar-refractivity contribution in [2.75, 3.05) is 24.9 Å². The highest BCUT2D eigenvalue weighted by Crippen LogP contribution is 2.26. The summed E-state index contributed by atoms with van der Waals surface area (Å²) < 4.78 is 0. The Hall–Kier alpha value is -1.22. The Balaban J connectivity index is 1.99. The summed E-state index contributed by atoms with van der Waals surface area (Å²) in [5.74, 6) is 1.06. The number of amides is 1. The van der Waals surface area contributed by atoms with Gasteiger partial charge in [0.15, 0.2) is 0 Å². The average Bonchev–Trinajstić information content (AvgIpc) is 2.86. The molecule has 0 saturated heterocycles. The summed E-state index contributed by atoms with van der Waals surface area (Å²) in [5.41, 5.74) is 1.81. The van der Waals surface area contributed by atoms with E-state index in [0.29, 0.717) is 17.4 Å². The molecule has 2 rings (SSSR count). The number of nitrogens with zero attached hydrogens (tertiary/aromatic N) is 1. The lowest BCUT2D eigenvalue weighted by molar-refractivity contribution is 0.0930. The highest BCUT2D eigenvalue weighted by atomic mass is 35.5. The fourth-order valence-corrected chi connectivity index (χ4v) is 2.94. The molecule has 1 N–H and O–H groups in total. The van der Waals surface area contributed by atoms with Gasteiger partial charge in [-0.2, -0.15) is 0 Å². The Morgan fingerprint density at radius 2 is 2.00 bits per heavy atom. The molecule has 1 aliphatic carbocycles. The Labute approximate surface area is 119 Å². The fourth-order valence-electron chi connectivity index (χ4n) is 2.57. The van der Waals surface area contributed by atoms with Crippen LogP contribution >= 0.6 is 11.6 Å². The van der Waals surface area contributed by atoms with Gasteiger partial charge in [0.2, 0.25) is 0 Å². The van der Waals surface area contributed by atoms with Gasteiger partial charge < -0.3 is 10.2 Å². The molecule has 0 aromatic heterocycles. The number of hydrogen-bond acceptors (Lipinski definition) is 2. The maximum atomic E-state index is 12.2. The molecule has 3 nitrogen and oxygen atoms in total. The summed E-state index contributed by atoms with van der Waals surface area (Å²) in [6.45, 7) is 0. The SMILES string of the molecule is CN(C)c1ccc(C(=O)NC2CCCC2CCl)cc1. The summed E-state index contributed by atoms with van der Waals surface area (Å²) in [6.07, 6.45) is 3.31. The number of benzene rings is 1. The lowest BCUT2D eigenvalue weighted by atomic mass is 10.1. The van der Waals surface area contributed by atoms with Crippen molar-refractivity contribution >= 4 is 23.2 Å². The van der Waals surface area contributed by atoms with Crippen LogP contribution < -0.4 is 10.2 Å². The van der Waals surface area contributed by atoms with Gasteiger partial charge in [-0.25, -0.2) is 0 Å². The second-order valence-corrected chi connectivity index (χ2v) is 5.68. The summed E-state index contributed by atoms with van der Waals surface area (Å²) in [4.78, 5) is 14.2. The Kier molecular flexibility index (Phi) is 4.70. The first-order chi connectivity index (χ1) is 9.11. The second kappa shape index (κ2) is 6.29. The molecule has 1 saturated carbocycles. The van der Waals surface area contributed by atoms with Crippen LogP contribution in [0.4, 0.5) is 5.69 Å². The zero-order valence-corrected chi connectivity index (χ0v) is 12.3. The highest BCUT2D eigenvalue weighted by molar-refractivity contribution is 6.18. The number of carbonyl (C=O) groups is 1. The molecule has 2 atom stereocenters. The van der Waals surface area contributed by atoms with Crippen molar-refractivity contribution in [1.82, 2.24) is 5.32 Å². The van der Waals surface area contributed by atoms with E-state index in [2.05, 4.69) is 5.32 Å². The van der Waals surface area contributed by atoms with E-state index in [0.717, 1.165) is 24.9 Å². The third-order valence-electron chi connectivity index (χ3n) is 3.82. The molecule has 2 unspecified atom stereocenters. The molecule has 19 heavy (non-hydrogen) atoms. The maximum absolute atomic E-state index is 12.2. The number of nitrogens with one attached hydrogen (secondary N) is 1. The number of alkyl halides is 1. The quantitative estimate of drug-likeness (QED) is 0.860. The first-order valence-corrected chi connectivity index (χ1v) is 7.29. The van der Waals surface area contributed by atoms with E-state index in [1.54, 1.807) is 0 Å². The maximum Gasteiger partial charge on any atom is 0.251 e. The lowest BCUT2D eigenvalue weighted by Gasteiger charge is -2.19. The van der Waals surface area contributed by atoms with Crippen molar-refractivity contribution in [3.05, 3.63) is 29.8 Å². The first-order valence-electron chi connectivity index (χ1n) is 6.76. The minimum Gasteiger partial charge on any atom is -0.378 e. The van der Waals surface area contributed by atoms with Crippen molar-refractivity contribution in [3.8, 4) is 0 Å². The fraction of sp³-hybridized carbons (Fsp3) is 0.533. The number of carbonyl (C=O) groups excluding carboxylic acids is 1. The van der Waals surface area contributed by atoms with E-state index in [1.165, 1.54) is 0 Å². The van der Waals surface area contributed by atoms with Crippen LogP contribution in [-0.4, -0.2) is 31.9 Å². The van der Waals surface area contributed by atoms with Crippen LogP contribution in [0.2, 0.25) is 0 Å². The molecule has 4 heteroatoms. The van der Waals surface area contributed by atoms with Gasteiger partial charge in [-0.05, 0) is 43.0 Å². The summed E-state index contributed by atoms with van der Waals surface area (Å²) in [7, 11) is 3.97. The Morgan fingerprint density at radius 3 is 2.58 bits per heavy atom. The van der Waals surface area contributed by atoms with Crippen molar-refractivity contribution in [1.29, 1.82) is 0 Å². The standard InChI is InChI=1S/C15H21ClN2O/c1-18(2)13-8-6-11(7-9-13)15(19)17-14-5-3-4-12(14)10-16/h6-9,12,14H,3-5,10H2,1-2H3,(H,17,19). The van der Waals surface area contributed by atoms with E-state index in [-0.39, 0.29) is 11.9 Å². The zero-order valence-electron chi connectivity index (χ0n) is 11.5. The number of hydrogen-bond donors (Lipinski definition) is 1. The molecular formula is C15H21ClN2O. The molecule has 1 amide bonds. The van der Waals surface area contributed by atoms with Gasteiger partial charge in [-0.1, -0.05) is 6.42 Å². The van der Waals surface area contributed by atoms with Gasteiger partial charge in [0, 0.05) is 37.3 Å². The third kappa shape index (κ3) is 3.41. The monoisotopic (exact) mass is 280 g/mol. The van der Waals surface area contributed by atoms with E-state index >= 15 is 0 Å². The number of halogens is 1. The summed E-state index contributed by atoms with van der Waals surface area (Å²) in [6, 6.07) is 7.90. The molecule has 0 heterocycles. The predicted octanol–water partition coefficient (Wildman–Crippen LogP) is 2.89. The first kappa shape index (κ1) is 14.2. The van der Waals surface area contributed by atoms with Gasteiger partial charge in [-0.15, -0.1) is 11.6 Å². The van der Waals surface area contributed by atoms with Crippen LogP contribution in [-0.2, 0) is 0 Å². The van der Waals surface area contributed by atoms with E-state index in [4.69, 9.17) is 11.6 Å². The molecule has 1 aromatic rings. The summed E-state index contributed by atoms with van der Waals surface area (Å²) >= 11 is 5.93. The van der Waals surface area contributed by atoms with E-state index < -0.39 is 0 Å². The van der Waals surface area contributed by atoms with Crippen molar-refractivity contribution in [2.45, 2.75) is 25.3 Å². The molecule has 104 valence electrons. The molecule has 0 spiro atoms. The van der Waals surface area contributed by atoms with Crippen LogP contribution in [0.25, 0.3) is 0 Å². The van der Waals surface area contributed by atoms with Crippen molar-refractivity contribution in [3.63, 3.8) is 0 Å².